The number of thiol groups is 1. The molecule has 0 bridgehead atoms. The minimum Gasteiger partial charge on any atom is -0.454 e. The van der Waals surface area contributed by atoms with E-state index in [-0.39, 0.29) is 9.86 Å². The molecule has 0 heterocycles. The van der Waals surface area contributed by atoms with Crippen LogP contribution in [0.3, 0.4) is 0 Å². The second kappa shape index (κ2) is 4.01. The fourth-order valence-electron chi connectivity index (χ4n) is 0.946. The Balaban J connectivity index is 5.27. The Kier molecular flexibility index (Phi) is 3.89. The standard InChI is InChI=1S/C13H28O3S/c1-12(2,3)16-10(14)11(15)17(7,8,9)13(4,5)6/h17H,1-9H3. The summed E-state index contributed by atoms with van der Waals surface area (Å²) in [7, 11) is -2.76. The lowest BCUT2D eigenvalue weighted by atomic mass is 10.2. The predicted octanol–water partition coefficient (Wildman–Crippen LogP) is 2.62. The molecule has 4 heteroatoms. The molecule has 0 saturated heterocycles. The third-order valence-corrected chi connectivity index (χ3v) is 9.93. The van der Waals surface area contributed by atoms with Crippen molar-refractivity contribution in [1.82, 2.24) is 0 Å². The highest BCUT2D eigenvalue weighted by Crippen LogP contribution is 2.70. The molecule has 0 aromatic rings. The van der Waals surface area contributed by atoms with Crippen LogP contribution in [0.25, 0.3) is 0 Å². The second-order valence-corrected chi connectivity index (χ2v) is 15.1. The quantitative estimate of drug-likeness (QED) is 0.415. The van der Waals surface area contributed by atoms with Crippen LogP contribution in [0.2, 0.25) is 0 Å². The zero-order valence-electron chi connectivity index (χ0n) is 12.7. The highest BCUT2D eigenvalue weighted by Gasteiger charge is 2.49. The number of carbonyl (C=O) groups excluding carboxylic acids is 2. The van der Waals surface area contributed by atoms with E-state index >= 15 is 0 Å². The van der Waals surface area contributed by atoms with Crippen LogP contribution >= 0.6 is 9.16 Å². The van der Waals surface area contributed by atoms with Crippen molar-refractivity contribution in [3.8, 4) is 0 Å². The maximum atomic E-state index is 12.4. The molecule has 0 aromatic carbocycles. The first-order valence-electron chi connectivity index (χ1n) is 5.86. The van der Waals surface area contributed by atoms with E-state index in [0.717, 1.165) is 0 Å². The highest BCUT2D eigenvalue weighted by atomic mass is 32.3. The maximum Gasteiger partial charge on any atom is 0.383 e. The average Bonchev–Trinajstić information content (AvgIpc) is 1.96. The fraction of sp³-hybridized carbons (Fsp3) is 0.846. The van der Waals surface area contributed by atoms with Gasteiger partial charge in [-0.05, 0) is 44.3 Å². The Morgan fingerprint density at radius 1 is 0.882 bits per heavy atom. The van der Waals surface area contributed by atoms with E-state index in [1.807, 2.05) is 39.5 Å². The largest absolute Gasteiger partial charge is 0.454 e. The van der Waals surface area contributed by atoms with Crippen molar-refractivity contribution in [2.24, 2.45) is 0 Å². The molecule has 0 unspecified atom stereocenters. The Morgan fingerprint density at radius 2 is 1.24 bits per heavy atom. The third-order valence-electron chi connectivity index (χ3n) is 3.63. The van der Waals surface area contributed by atoms with Gasteiger partial charge in [-0.3, -0.25) is 4.79 Å². The van der Waals surface area contributed by atoms with Gasteiger partial charge in [0.25, 0.3) is 5.12 Å². The summed E-state index contributed by atoms with van der Waals surface area (Å²) in [6.07, 6.45) is 5.79. The van der Waals surface area contributed by atoms with Gasteiger partial charge in [-0.15, -0.1) is 0 Å². The summed E-state index contributed by atoms with van der Waals surface area (Å²) in [5, 5.41) is -0.349. The van der Waals surface area contributed by atoms with Crippen molar-refractivity contribution in [3.63, 3.8) is 0 Å². The average molecular weight is 264 g/mol. The Morgan fingerprint density at radius 3 is 1.47 bits per heavy atom. The predicted molar refractivity (Wildman–Crippen MR) is 77.4 cm³/mol. The van der Waals surface area contributed by atoms with Crippen molar-refractivity contribution < 1.29 is 14.3 Å². The third kappa shape index (κ3) is 3.47. The maximum absolute atomic E-state index is 12.4. The van der Waals surface area contributed by atoms with E-state index in [0.29, 0.717) is 0 Å². The summed E-state index contributed by atoms with van der Waals surface area (Å²) in [6.45, 7) is 11.3. The molecule has 0 aromatic heterocycles. The number of rotatable bonds is 0. The fourth-order valence-corrected chi connectivity index (χ4v) is 2.24. The number of hydrogen-bond donors (Lipinski definition) is 1. The normalized spacial score (nSPS) is 15.9. The van der Waals surface area contributed by atoms with E-state index in [1.54, 1.807) is 20.8 Å². The Bertz CT molecular complexity index is 334. The van der Waals surface area contributed by atoms with Crippen LogP contribution in [0.1, 0.15) is 41.5 Å². The molecule has 0 N–H and O–H groups in total. The van der Waals surface area contributed by atoms with Gasteiger partial charge in [0, 0.05) is 0 Å². The van der Waals surface area contributed by atoms with Gasteiger partial charge in [0.05, 0.1) is 0 Å². The van der Waals surface area contributed by atoms with E-state index in [2.05, 4.69) is 0 Å². The zero-order chi connectivity index (χ0) is 14.3. The molecule has 0 amide bonds. The van der Waals surface area contributed by atoms with Crippen molar-refractivity contribution in [2.45, 2.75) is 51.9 Å². The molecule has 17 heavy (non-hydrogen) atoms. The summed E-state index contributed by atoms with van der Waals surface area (Å²) >= 11 is 0. The molecule has 0 aliphatic heterocycles. The summed E-state index contributed by atoms with van der Waals surface area (Å²) in [5.74, 6) is -0.697. The topological polar surface area (TPSA) is 43.4 Å². The summed E-state index contributed by atoms with van der Waals surface area (Å²) < 4.78 is 4.98. The van der Waals surface area contributed by atoms with Crippen LogP contribution in [0.4, 0.5) is 0 Å². The first-order valence-corrected chi connectivity index (χ1v) is 9.43. The van der Waals surface area contributed by atoms with E-state index < -0.39 is 20.7 Å². The molecule has 0 atom stereocenters. The lowest BCUT2D eigenvalue weighted by Crippen LogP contribution is -2.45. The van der Waals surface area contributed by atoms with Gasteiger partial charge >= 0.3 is 5.97 Å². The summed E-state index contributed by atoms with van der Waals surface area (Å²) in [4.78, 5) is 24.3. The number of carbonyl (C=O) groups is 2. The van der Waals surface area contributed by atoms with Gasteiger partial charge in [-0.1, -0.05) is 20.8 Å². The van der Waals surface area contributed by atoms with Gasteiger partial charge in [0.2, 0.25) is 0 Å². The van der Waals surface area contributed by atoms with Crippen molar-refractivity contribution in [3.05, 3.63) is 0 Å². The molecule has 0 rings (SSSR count). The SMILES string of the molecule is CC(C)(C)OC(=O)C(=O)[SH](C)(C)(C)C(C)(C)C. The lowest BCUT2D eigenvalue weighted by Gasteiger charge is -2.59. The molecule has 104 valence electrons. The lowest BCUT2D eigenvalue weighted by molar-refractivity contribution is -0.159. The molecule has 0 aliphatic carbocycles. The minimum absolute atomic E-state index is 0.209. The van der Waals surface area contributed by atoms with Crippen LogP contribution in [-0.2, 0) is 14.3 Å². The van der Waals surface area contributed by atoms with E-state index in [4.69, 9.17) is 4.74 Å². The van der Waals surface area contributed by atoms with Gasteiger partial charge in [-0.25, -0.2) is 14.0 Å². The van der Waals surface area contributed by atoms with Crippen molar-refractivity contribution in [1.29, 1.82) is 0 Å². The molecule has 0 fully saturated rings. The van der Waals surface area contributed by atoms with Gasteiger partial charge < -0.3 is 4.74 Å². The van der Waals surface area contributed by atoms with Gasteiger partial charge in [0.1, 0.15) is 5.60 Å². The van der Waals surface area contributed by atoms with Crippen molar-refractivity contribution >= 4 is 20.2 Å². The number of hydrogen-bond acceptors (Lipinski definition) is 3. The van der Waals surface area contributed by atoms with Crippen LogP contribution in [0, 0.1) is 0 Å². The molecule has 3 nitrogen and oxygen atoms in total. The molecule has 0 radical (unpaired) electrons. The number of ether oxygens (including phenoxy) is 1. The molecule has 0 aliphatic rings. The van der Waals surface area contributed by atoms with Crippen LogP contribution < -0.4 is 0 Å². The van der Waals surface area contributed by atoms with Crippen LogP contribution in [0.15, 0.2) is 0 Å². The van der Waals surface area contributed by atoms with Crippen LogP contribution in [-0.4, -0.2) is 40.2 Å². The smallest absolute Gasteiger partial charge is 0.383 e. The number of esters is 1. The molecular weight excluding hydrogens is 236 g/mol. The van der Waals surface area contributed by atoms with Crippen LogP contribution in [0.5, 0.6) is 0 Å². The Hall–Kier alpha value is -0.510. The van der Waals surface area contributed by atoms with Crippen molar-refractivity contribution in [2.75, 3.05) is 18.8 Å². The zero-order valence-corrected chi connectivity index (χ0v) is 13.6. The Labute approximate surface area is 106 Å². The van der Waals surface area contributed by atoms with E-state index in [9.17, 15) is 9.59 Å². The van der Waals surface area contributed by atoms with Gasteiger partial charge in [0.15, 0.2) is 0 Å². The summed E-state index contributed by atoms with van der Waals surface area (Å²) in [5.41, 5.74) is -0.621. The van der Waals surface area contributed by atoms with Gasteiger partial charge in [-0.2, -0.15) is 0 Å². The molecular formula is C13H28O3S. The monoisotopic (exact) mass is 264 g/mol. The highest BCUT2D eigenvalue weighted by molar-refractivity contribution is 8.60. The summed E-state index contributed by atoms with van der Waals surface area (Å²) in [6, 6.07) is 0. The van der Waals surface area contributed by atoms with E-state index in [1.165, 1.54) is 0 Å². The second-order valence-electron chi connectivity index (χ2n) is 7.77. The minimum atomic E-state index is -2.76. The molecule has 0 spiro atoms. The first kappa shape index (κ1) is 16.5. The first-order chi connectivity index (χ1) is 7.07. The molecule has 0 saturated carbocycles.